The number of halogens is 1. The number of aryl methyl sites for hydroxylation is 1. The molecule has 0 amide bonds. The molecule has 18 heavy (non-hydrogen) atoms. The summed E-state index contributed by atoms with van der Waals surface area (Å²) in [7, 11) is 1.60. The number of carbonyl (C=O) groups excluding carboxylic acids is 1. The summed E-state index contributed by atoms with van der Waals surface area (Å²) in [5.74, 6) is -0.128. The average Bonchev–Trinajstić information content (AvgIpc) is 2.35. The van der Waals surface area contributed by atoms with Gasteiger partial charge in [0.15, 0.2) is 5.78 Å². The van der Waals surface area contributed by atoms with Crippen molar-refractivity contribution in [2.75, 3.05) is 19.5 Å². The molecule has 2 N–H and O–H groups in total. The number of methoxy groups -OCH3 is 1. The van der Waals surface area contributed by atoms with Crippen molar-refractivity contribution >= 4 is 23.1 Å². The van der Waals surface area contributed by atoms with Crippen molar-refractivity contribution < 1.29 is 9.53 Å². The maximum Gasteiger partial charge on any atom is 0.181 e. The van der Waals surface area contributed by atoms with Crippen LogP contribution in [0.1, 0.15) is 28.4 Å². The number of anilines is 1. The Hall–Kier alpha value is -1.06. The minimum atomic E-state index is -0.592. The third-order valence-electron chi connectivity index (χ3n) is 3.18. The van der Waals surface area contributed by atoms with E-state index in [0.29, 0.717) is 17.9 Å². The van der Waals surface area contributed by atoms with Crippen molar-refractivity contribution in [2.24, 2.45) is 5.92 Å². The number of ether oxygens (including phenoxy) is 1. The second-order valence-corrected chi connectivity index (χ2v) is 5.14. The molecule has 100 valence electrons. The largest absolute Gasteiger partial charge is 0.398 e. The third kappa shape index (κ3) is 3.03. The van der Waals surface area contributed by atoms with Crippen molar-refractivity contribution in [3.8, 4) is 0 Å². The summed E-state index contributed by atoms with van der Waals surface area (Å²) in [6.07, 6.45) is 0. The maximum atomic E-state index is 12.3. The maximum absolute atomic E-state index is 12.3. The molecular formula is C14H20ClNO2. The van der Waals surface area contributed by atoms with Crippen LogP contribution >= 0.6 is 11.6 Å². The lowest BCUT2D eigenvalue weighted by Gasteiger charge is -2.18. The molecule has 0 spiro atoms. The van der Waals surface area contributed by atoms with E-state index in [4.69, 9.17) is 22.1 Å². The van der Waals surface area contributed by atoms with Crippen LogP contribution in [0.2, 0.25) is 0 Å². The predicted molar refractivity (Wildman–Crippen MR) is 75.3 cm³/mol. The molecule has 2 unspecified atom stereocenters. The van der Waals surface area contributed by atoms with Crippen molar-refractivity contribution in [2.45, 2.75) is 26.1 Å². The minimum absolute atomic E-state index is 0.0360. The molecule has 0 aliphatic carbocycles. The molecule has 3 nitrogen and oxygen atoms in total. The Labute approximate surface area is 113 Å². The third-order valence-corrected chi connectivity index (χ3v) is 3.81. The lowest BCUT2D eigenvalue weighted by atomic mass is 9.94. The van der Waals surface area contributed by atoms with Crippen LogP contribution in [0, 0.1) is 19.8 Å². The zero-order valence-electron chi connectivity index (χ0n) is 11.3. The van der Waals surface area contributed by atoms with Gasteiger partial charge in [0.2, 0.25) is 0 Å². The van der Waals surface area contributed by atoms with Crippen LogP contribution in [-0.2, 0) is 4.74 Å². The number of nitrogens with two attached hydrogens (primary N) is 1. The molecule has 1 aromatic rings. The molecule has 0 aliphatic heterocycles. The Morgan fingerprint density at radius 1 is 1.44 bits per heavy atom. The molecule has 0 bridgehead atoms. The van der Waals surface area contributed by atoms with Crippen LogP contribution < -0.4 is 5.73 Å². The quantitative estimate of drug-likeness (QED) is 0.508. The molecule has 0 radical (unpaired) electrons. The Kier molecular flexibility index (Phi) is 5.17. The van der Waals surface area contributed by atoms with Crippen LogP contribution in [0.3, 0.4) is 0 Å². The van der Waals surface area contributed by atoms with Gasteiger partial charge in [0.25, 0.3) is 0 Å². The van der Waals surface area contributed by atoms with E-state index in [-0.39, 0.29) is 11.7 Å². The van der Waals surface area contributed by atoms with E-state index in [9.17, 15) is 4.79 Å². The monoisotopic (exact) mass is 269 g/mol. The van der Waals surface area contributed by atoms with E-state index in [2.05, 4.69) is 0 Å². The van der Waals surface area contributed by atoms with Gasteiger partial charge in [-0.2, -0.15) is 0 Å². The fraction of sp³-hybridized carbons (Fsp3) is 0.500. The highest BCUT2D eigenvalue weighted by Gasteiger charge is 2.25. The first-order valence-electron chi connectivity index (χ1n) is 5.93. The number of rotatable bonds is 5. The molecule has 0 heterocycles. The number of nitrogen functional groups attached to an aromatic ring is 1. The summed E-state index contributed by atoms with van der Waals surface area (Å²) in [6.45, 7) is 6.12. The van der Waals surface area contributed by atoms with Crippen LogP contribution in [0.15, 0.2) is 12.1 Å². The summed E-state index contributed by atoms with van der Waals surface area (Å²) >= 11 is 6.19. The van der Waals surface area contributed by atoms with E-state index in [1.54, 1.807) is 13.2 Å². The van der Waals surface area contributed by atoms with Crippen LogP contribution in [0.25, 0.3) is 0 Å². The second-order valence-electron chi connectivity index (χ2n) is 4.67. The summed E-state index contributed by atoms with van der Waals surface area (Å²) in [5.41, 5.74) is 8.96. The molecular weight excluding hydrogens is 250 g/mol. The van der Waals surface area contributed by atoms with Crippen LogP contribution in [-0.4, -0.2) is 24.9 Å². The van der Waals surface area contributed by atoms with Gasteiger partial charge >= 0.3 is 0 Å². The number of Topliss-reactive ketones (excluding diaryl/α,β-unsaturated/α-hetero) is 1. The standard InChI is InChI=1S/C14H20ClNO2/c1-8-5-6-11(10(3)13(8)16)14(17)12(15)9(2)7-18-4/h5-6,9,12H,7,16H2,1-4H3. The Morgan fingerprint density at radius 3 is 2.61 bits per heavy atom. The van der Waals surface area contributed by atoms with E-state index in [1.807, 2.05) is 26.8 Å². The fourth-order valence-corrected chi connectivity index (χ4v) is 2.08. The zero-order chi connectivity index (χ0) is 13.9. The molecule has 1 rings (SSSR count). The first kappa shape index (κ1) is 15.0. The average molecular weight is 270 g/mol. The lowest BCUT2D eigenvalue weighted by molar-refractivity contribution is 0.0927. The molecule has 2 atom stereocenters. The predicted octanol–water partition coefficient (Wildman–Crippen LogP) is 2.96. The highest BCUT2D eigenvalue weighted by atomic mass is 35.5. The van der Waals surface area contributed by atoms with Gasteiger partial charge in [0.1, 0.15) is 5.38 Å². The molecule has 1 aromatic carbocycles. The fourth-order valence-electron chi connectivity index (χ4n) is 1.89. The second kappa shape index (κ2) is 6.21. The molecule has 0 fully saturated rings. The highest BCUT2D eigenvalue weighted by Crippen LogP contribution is 2.24. The molecule has 0 saturated carbocycles. The van der Waals surface area contributed by atoms with Crippen LogP contribution in [0.5, 0.6) is 0 Å². The summed E-state index contributed by atoms with van der Waals surface area (Å²) in [4.78, 5) is 12.3. The van der Waals surface area contributed by atoms with Gasteiger partial charge in [-0.25, -0.2) is 0 Å². The summed E-state index contributed by atoms with van der Waals surface area (Å²) < 4.78 is 5.02. The smallest absolute Gasteiger partial charge is 0.181 e. The number of hydrogen-bond donors (Lipinski definition) is 1. The van der Waals surface area contributed by atoms with Crippen molar-refractivity contribution in [3.05, 3.63) is 28.8 Å². The number of carbonyl (C=O) groups is 1. The van der Waals surface area contributed by atoms with Crippen LogP contribution in [0.4, 0.5) is 5.69 Å². The van der Waals surface area contributed by atoms with Crippen molar-refractivity contribution in [1.29, 1.82) is 0 Å². The van der Waals surface area contributed by atoms with Crippen molar-refractivity contribution in [1.82, 2.24) is 0 Å². The lowest BCUT2D eigenvalue weighted by Crippen LogP contribution is -2.26. The van der Waals surface area contributed by atoms with E-state index >= 15 is 0 Å². The molecule has 0 saturated heterocycles. The normalized spacial score (nSPS) is 14.3. The van der Waals surface area contributed by atoms with Gasteiger partial charge in [-0.1, -0.05) is 19.1 Å². The molecule has 0 aromatic heterocycles. The van der Waals surface area contributed by atoms with Gasteiger partial charge in [0.05, 0.1) is 6.61 Å². The summed E-state index contributed by atoms with van der Waals surface area (Å²) in [6, 6.07) is 3.64. The first-order chi connectivity index (χ1) is 8.40. The SMILES string of the molecule is COCC(C)C(Cl)C(=O)c1ccc(C)c(N)c1C. The Balaban J connectivity index is 3.01. The molecule has 4 heteroatoms. The number of hydrogen-bond acceptors (Lipinski definition) is 3. The van der Waals surface area contributed by atoms with Gasteiger partial charge in [0, 0.05) is 24.3 Å². The van der Waals surface area contributed by atoms with E-state index < -0.39 is 5.38 Å². The van der Waals surface area contributed by atoms with Gasteiger partial charge in [-0.15, -0.1) is 11.6 Å². The first-order valence-corrected chi connectivity index (χ1v) is 6.36. The summed E-state index contributed by atoms with van der Waals surface area (Å²) in [5, 5.41) is -0.592. The van der Waals surface area contributed by atoms with Crippen molar-refractivity contribution in [3.63, 3.8) is 0 Å². The Bertz CT molecular complexity index is 446. The zero-order valence-corrected chi connectivity index (χ0v) is 12.0. The number of ketones is 1. The number of alkyl halides is 1. The topological polar surface area (TPSA) is 52.3 Å². The van der Waals surface area contributed by atoms with Gasteiger partial charge < -0.3 is 10.5 Å². The number of benzene rings is 1. The van der Waals surface area contributed by atoms with E-state index in [0.717, 1.165) is 11.1 Å². The van der Waals surface area contributed by atoms with E-state index in [1.165, 1.54) is 0 Å². The minimum Gasteiger partial charge on any atom is -0.398 e. The Morgan fingerprint density at radius 2 is 2.06 bits per heavy atom. The highest BCUT2D eigenvalue weighted by molar-refractivity contribution is 6.34. The van der Waals surface area contributed by atoms with Gasteiger partial charge in [-0.05, 0) is 25.0 Å². The van der Waals surface area contributed by atoms with Gasteiger partial charge in [-0.3, -0.25) is 4.79 Å². The molecule has 0 aliphatic rings.